The Morgan fingerprint density at radius 2 is 2.19 bits per heavy atom. The van der Waals surface area contributed by atoms with E-state index in [9.17, 15) is 0 Å². The molecule has 0 spiro atoms. The summed E-state index contributed by atoms with van der Waals surface area (Å²) in [5.41, 5.74) is 2.75. The maximum absolute atomic E-state index is 5.98. The first-order valence-corrected chi connectivity index (χ1v) is 7.16. The second-order valence-corrected chi connectivity index (χ2v) is 5.40. The number of aromatic nitrogens is 2. The molecule has 0 radical (unpaired) electrons. The van der Waals surface area contributed by atoms with Gasteiger partial charge in [-0.15, -0.1) is 0 Å². The first-order valence-electron chi connectivity index (χ1n) is 6.37. The number of ether oxygens (including phenoxy) is 1. The van der Waals surface area contributed by atoms with E-state index in [1.54, 1.807) is 25.3 Å². The third-order valence-electron chi connectivity index (χ3n) is 3.00. The van der Waals surface area contributed by atoms with Crippen LogP contribution in [0.4, 0.5) is 5.69 Å². The van der Waals surface area contributed by atoms with Crippen LogP contribution in [0, 0.1) is 6.92 Å². The normalized spacial score (nSPS) is 10.3. The minimum atomic E-state index is 0.485. The van der Waals surface area contributed by atoms with Gasteiger partial charge in [0, 0.05) is 17.8 Å². The molecule has 0 unspecified atom stereocenters. The first kappa shape index (κ1) is 15.6. The first-order chi connectivity index (χ1) is 9.99. The fraction of sp³-hybridized carbons (Fsp3) is 0.286. The number of hydrogen-bond acceptors (Lipinski definition) is 3. The summed E-state index contributed by atoms with van der Waals surface area (Å²) >= 11 is 11.2. The fourth-order valence-corrected chi connectivity index (χ4v) is 2.19. The van der Waals surface area contributed by atoms with Crippen LogP contribution in [-0.2, 0) is 13.6 Å². The molecular weight excluding hydrogens is 308 g/mol. The highest BCUT2D eigenvalue weighted by atomic mass is 35.5. The number of hydrogen-bond donors (Lipinski definition) is 2. The number of nitrogens with zero attached hydrogens (tertiary/aromatic N) is 2. The van der Waals surface area contributed by atoms with E-state index in [2.05, 4.69) is 15.7 Å². The summed E-state index contributed by atoms with van der Waals surface area (Å²) in [6, 6.07) is 7.32. The van der Waals surface area contributed by atoms with Crippen molar-refractivity contribution in [2.24, 2.45) is 7.05 Å². The lowest BCUT2D eigenvalue weighted by Gasteiger charge is -2.13. The average molecular weight is 325 g/mol. The van der Waals surface area contributed by atoms with E-state index >= 15 is 0 Å². The summed E-state index contributed by atoms with van der Waals surface area (Å²) in [4.78, 5) is 0. The molecule has 2 N–H and O–H groups in total. The van der Waals surface area contributed by atoms with Gasteiger partial charge in [-0.05, 0) is 43.4 Å². The lowest BCUT2D eigenvalue weighted by Crippen LogP contribution is -2.28. The van der Waals surface area contributed by atoms with Crippen molar-refractivity contribution in [3.63, 3.8) is 0 Å². The van der Waals surface area contributed by atoms with Crippen LogP contribution in [0.5, 0.6) is 5.75 Å². The highest BCUT2D eigenvalue weighted by Gasteiger charge is 2.07. The minimum absolute atomic E-state index is 0.485. The van der Waals surface area contributed by atoms with Crippen LogP contribution in [0.15, 0.2) is 24.3 Å². The third kappa shape index (κ3) is 4.09. The van der Waals surface area contributed by atoms with E-state index in [0.29, 0.717) is 22.4 Å². The van der Waals surface area contributed by atoms with E-state index in [-0.39, 0.29) is 0 Å². The monoisotopic (exact) mass is 324 g/mol. The molecule has 112 valence electrons. The summed E-state index contributed by atoms with van der Waals surface area (Å²) in [6.07, 6.45) is 0. The van der Waals surface area contributed by atoms with Crippen molar-refractivity contribution >= 4 is 34.6 Å². The SMILES string of the molecule is COc1ccc(Cl)cc1NC(=S)NCc1cc(C)n(C)n1. The molecule has 0 aliphatic rings. The number of anilines is 1. The van der Waals surface area contributed by atoms with Gasteiger partial charge in [0.2, 0.25) is 0 Å². The van der Waals surface area contributed by atoms with Gasteiger partial charge < -0.3 is 15.4 Å². The highest BCUT2D eigenvalue weighted by Crippen LogP contribution is 2.27. The van der Waals surface area contributed by atoms with Gasteiger partial charge in [-0.1, -0.05) is 11.6 Å². The summed E-state index contributed by atoms with van der Waals surface area (Å²) in [7, 11) is 3.51. The Balaban J connectivity index is 1.97. The number of aryl methyl sites for hydroxylation is 2. The fourth-order valence-electron chi connectivity index (χ4n) is 1.84. The van der Waals surface area contributed by atoms with Crippen molar-refractivity contribution < 1.29 is 4.74 Å². The van der Waals surface area contributed by atoms with Crippen molar-refractivity contribution in [2.75, 3.05) is 12.4 Å². The predicted molar refractivity (Wildman–Crippen MR) is 89.0 cm³/mol. The quantitative estimate of drug-likeness (QED) is 0.847. The van der Waals surface area contributed by atoms with Gasteiger partial charge in [-0.2, -0.15) is 5.10 Å². The zero-order valence-corrected chi connectivity index (χ0v) is 13.7. The van der Waals surface area contributed by atoms with Crippen molar-refractivity contribution in [2.45, 2.75) is 13.5 Å². The summed E-state index contributed by atoms with van der Waals surface area (Å²) in [5, 5.41) is 11.6. The van der Waals surface area contributed by atoms with Crippen LogP contribution in [0.25, 0.3) is 0 Å². The molecule has 5 nitrogen and oxygen atoms in total. The number of halogens is 1. The number of thiocarbonyl (C=S) groups is 1. The smallest absolute Gasteiger partial charge is 0.171 e. The molecule has 1 aromatic carbocycles. The molecule has 7 heteroatoms. The third-order valence-corrected chi connectivity index (χ3v) is 3.49. The molecule has 0 amide bonds. The largest absolute Gasteiger partial charge is 0.495 e. The van der Waals surface area contributed by atoms with Crippen LogP contribution in [0.3, 0.4) is 0 Å². The standard InChI is InChI=1S/C14H17ClN4OS/c1-9-6-11(18-19(9)2)8-16-14(21)17-12-7-10(15)4-5-13(12)20-3/h4-7H,8H2,1-3H3,(H2,16,17,21). The zero-order valence-electron chi connectivity index (χ0n) is 12.1. The summed E-state index contributed by atoms with van der Waals surface area (Å²) in [5.74, 6) is 0.678. The maximum Gasteiger partial charge on any atom is 0.171 e. The lowest BCUT2D eigenvalue weighted by molar-refractivity contribution is 0.417. The topological polar surface area (TPSA) is 51.1 Å². The van der Waals surface area contributed by atoms with Gasteiger partial charge in [-0.25, -0.2) is 0 Å². The molecule has 21 heavy (non-hydrogen) atoms. The Hall–Kier alpha value is -1.79. The summed E-state index contributed by atoms with van der Waals surface area (Å²) < 4.78 is 7.09. The molecule has 0 saturated heterocycles. The highest BCUT2D eigenvalue weighted by molar-refractivity contribution is 7.80. The molecule has 0 saturated carbocycles. The minimum Gasteiger partial charge on any atom is -0.495 e. The lowest BCUT2D eigenvalue weighted by atomic mass is 10.3. The Labute approximate surface area is 134 Å². The van der Waals surface area contributed by atoms with Gasteiger partial charge in [0.1, 0.15) is 5.75 Å². The van der Waals surface area contributed by atoms with Crippen molar-refractivity contribution in [1.82, 2.24) is 15.1 Å². The van der Waals surface area contributed by atoms with Gasteiger partial charge in [0.05, 0.1) is 25.0 Å². The van der Waals surface area contributed by atoms with Crippen molar-refractivity contribution in [3.8, 4) is 5.75 Å². The second-order valence-electron chi connectivity index (χ2n) is 4.55. The van der Waals surface area contributed by atoms with E-state index < -0.39 is 0 Å². The number of benzene rings is 1. The Bertz CT molecular complexity index is 637. The predicted octanol–water partition coefficient (Wildman–Crippen LogP) is 2.88. The van der Waals surface area contributed by atoms with Crippen molar-refractivity contribution in [1.29, 1.82) is 0 Å². The van der Waals surface area contributed by atoms with E-state index in [1.165, 1.54) is 0 Å². The molecule has 0 fully saturated rings. The number of rotatable bonds is 4. The number of nitrogens with one attached hydrogen (secondary N) is 2. The van der Waals surface area contributed by atoms with E-state index in [1.807, 2.05) is 24.7 Å². The van der Waals surface area contributed by atoms with Crippen LogP contribution in [0.1, 0.15) is 11.4 Å². The zero-order chi connectivity index (χ0) is 15.4. The molecule has 1 aromatic heterocycles. The van der Waals surface area contributed by atoms with Gasteiger partial charge in [-0.3, -0.25) is 4.68 Å². The molecule has 1 heterocycles. The van der Waals surface area contributed by atoms with Crippen LogP contribution in [-0.4, -0.2) is 22.0 Å². The van der Waals surface area contributed by atoms with E-state index in [4.69, 9.17) is 28.6 Å². The Kier molecular flexibility index (Phi) is 5.03. The molecule has 0 atom stereocenters. The molecule has 0 aliphatic carbocycles. The second kappa shape index (κ2) is 6.78. The van der Waals surface area contributed by atoms with Gasteiger partial charge in [0.15, 0.2) is 5.11 Å². The average Bonchev–Trinajstić information content (AvgIpc) is 2.76. The van der Waals surface area contributed by atoms with Crippen molar-refractivity contribution in [3.05, 3.63) is 40.7 Å². The summed E-state index contributed by atoms with van der Waals surface area (Å²) in [6.45, 7) is 2.56. The van der Waals surface area contributed by atoms with Crippen LogP contribution >= 0.6 is 23.8 Å². The maximum atomic E-state index is 5.98. The molecular formula is C14H17ClN4OS. The molecule has 0 bridgehead atoms. The van der Waals surface area contributed by atoms with Gasteiger partial charge >= 0.3 is 0 Å². The molecule has 0 aliphatic heterocycles. The van der Waals surface area contributed by atoms with Gasteiger partial charge in [0.25, 0.3) is 0 Å². The number of methoxy groups -OCH3 is 1. The molecule has 2 aromatic rings. The molecule has 2 rings (SSSR count). The van der Waals surface area contributed by atoms with E-state index in [0.717, 1.165) is 17.1 Å². The Morgan fingerprint density at radius 1 is 1.43 bits per heavy atom. The van der Waals surface area contributed by atoms with Crippen LogP contribution < -0.4 is 15.4 Å². The Morgan fingerprint density at radius 3 is 2.81 bits per heavy atom. The van der Waals surface area contributed by atoms with Crippen LogP contribution in [0.2, 0.25) is 5.02 Å².